The molecule has 0 amide bonds. The number of rotatable bonds is 7. The van der Waals surface area contributed by atoms with Crippen LogP contribution in [0.4, 0.5) is 4.39 Å². The molecule has 9 heteroatoms. The van der Waals surface area contributed by atoms with Gasteiger partial charge in [-0.2, -0.15) is 10.2 Å². The predicted octanol–water partition coefficient (Wildman–Crippen LogP) is 2.15. The van der Waals surface area contributed by atoms with E-state index in [-0.39, 0.29) is 12.4 Å². The second-order valence-corrected chi connectivity index (χ2v) is 6.42. The Bertz CT molecular complexity index is 1050. The van der Waals surface area contributed by atoms with E-state index in [1.807, 2.05) is 17.7 Å². The summed E-state index contributed by atoms with van der Waals surface area (Å²) in [5.74, 6) is -0.289. The topological polar surface area (TPSA) is 86.6 Å². The molecule has 0 radical (unpaired) electrons. The molecule has 0 aliphatic carbocycles. The van der Waals surface area contributed by atoms with Crippen LogP contribution in [0.25, 0.3) is 22.5 Å². The molecule has 3 aromatic heterocycles. The molecule has 4 rings (SSSR count). The normalized spacial score (nSPS) is 11.2. The highest BCUT2D eigenvalue weighted by Gasteiger charge is 2.19. The van der Waals surface area contributed by atoms with Gasteiger partial charge in [0.05, 0.1) is 43.1 Å². The molecule has 0 saturated heterocycles. The fourth-order valence-electron chi connectivity index (χ4n) is 3.18. The molecule has 0 bridgehead atoms. The molecular weight excluding hydrogens is 361 g/mol. The number of aliphatic hydroxyl groups excluding tert-OH is 1. The number of aryl methyl sites for hydroxylation is 3. The van der Waals surface area contributed by atoms with Gasteiger partial charge in [-0.25, -0.2) is 14.4 Å². The summed E-state index contributed by atoms with van der Waals surface area (Å²) in [6.07, 6.45) is 6.85. The lowest BCUT2D eigenvalue weighted by Gasteiger charge is -2.10. The fourth-order valence-corrected chi connectivity index (χ4v) is 3.18. The van der Waals surface area contributed by atoms with Gasteiger partial charge in [0.25, 0.3) is 0 Å². The maximum absolute atomic E-state index is 13.4. The van der Waals surface area contributed by atoms with E-state index >= 15 is 0 Å². The molecule has 0 fully saturated rings. The number of aliphatic hydroxyl groups is 1. The van der Waals surface area contributed by atoms with Crippen molar-refractivity contribution in [2.75, 3.05) is 6.61 Å². The number of benzene rings is 1. The van der Waals surface area contributed by atoms with E-state index in [1.165, 1.54) is 18.5 Å². The molecular formula is C19H20FN7O. The first-order chi connectivity index (χ1) is 13.7. The van der Waals surface area contributed by atoms with Crippen molar-refractivity contribution in [1.82, 2.24) is 34.1 Å². The monoisotopic (exact) mass is 381 g/mol. The number of imidazole rings is 1. The van der Waals surface area contributed by atoms with Crippen LogP contribution in [-0.2, 0) is 19.6 Å². The minimum atomic E-state index is -0.289. The van der Waals surface area contributed by atoms with E-state index in [9.17, 15) is 9.50 Å². The molecule has 144 valence electrons. The maximum Gasteiger partial charge on any atom is 0.137 e. The Labute approximate surface area is 160 Å². The Kier molecular flexibility index (Phi) is 4.98. The van der Waals surface area contributed by atoms with Crippen LogP contribution in [0.5, 0.6) is 0 Å². The van der Waals surface area contributed by atoms with Gasteiger partial charge >= 0.3 is 0 Å². The number of halogens is 1. The third kappa shape index (κ3) is 3.56. The second kappa shape index (κ2) is 7.73. The van der Waals surface area contributed by atoms with Gasteiger partial charge in [-0.05, 0) is 31.2 Å². The highest BCUT2D eigenvalue weighted by molar-refractivity contribution is 5.79. The highest BCUT2D eigenvalue weighted by Crippen LogP contribution is 2.33. The predicted molar refractivity (Wildman–Crippen MR) is 101 cm³/mol. The Morgan fingerprint density at radius 1 is 1.04 bits per heavy atom. The molecule has 0 aliphatic heterocycles. The van der Waals surface area contributed by atoms with E-state index in [2.05, 4.69) is 20.2 Å². The SMILES string of the molecule is Cc1nn(CCO)cc1-c1c(-c2ccc(F)cc2)ncn1CCn1cncn1. The molecule has 1 N–H and O–H groups in total. The summed E-state index contributed by atoms with van der Waals surface area (Å²) in [5, 5.41) is 17.8. The molecule has 28 heavy (non-hydrogen) atoms. The third-order valence-electron chi connectivity index (χ3n) is 4.52. The van der Waals surface area contributed by atoms with Gasteiger partial charge in [0.15, 0.2) is 0 Å². The van der Waals surface area contributed by atoms with E-state index in [4.69, 9.17) is 0 Å². The molecule has 0 saturated carbocycles. The summed E-state index contributed by atoms with van der Waals surface area (Å²) >= 11 is 0. The standard InChI is InChI=1S/C19H20FN7O/c1-14-17(10-26(24-14)8-9-28)19-18(15-2-4-16(20)5-3-15)22-13-25(19)6-7-27-12-21-11-23-27/h2-5,10-13,28H,6-9H2,1H3. The summed E-state index contributed by atoms with van der Waals surface area (Å²) in [6, 6.07) is 6.29. The third-order valence-corrected chi connectivity index (χ3v) is 4.52. The lowest BCUT2D eigenvalue weighted by molar-refractivity contribution is 0.269. The van der Waals surface area contributed by atoms with Crippen LogP contribution in [0.15, 0.2) is 49.4 Å². The summed E-state index contributed by atoms with van der Waals surface area (Å²) < 4.78 is 18.9. The highest BCUT2D eigenvalue weighted by atomic mass is 19.1. The number of aromatic nitrogens is 7. The largest absolute Gasteiger partial charge is 0.394 e. The van der Waals surface area contributed by atoms with E-state index in [0.717, 1.165) is 28.2 Å². The molecule has 3 heterocycles. The van der Waals surface area contributed by atoms with Gasteiger partial charge in [0.2, 0.25) is 0 Å². The molecule has 4 aromatic rings. The average Bonchev–Trinajstić information content (AvgIpc) is 3.41. The van der Waals surface area contributed by atoms with Gasteiger partial charge in [-0.1, -0.05) is 0 Å². The Hall–Kier alpha value is -3.33. The zero-order valence-corrected chi connectivity index (χ0v) is 15.4. The van der Waals surface area contributed by atoms with Crippen molar-refractivity contribution in [2.45, 2.75) is 26.6 Å². The van der Waals surface area contributed by atoms with Crippen molar-refractivity contribution in [1.29, 1.82) is 0 Å². The van der Waals surface area contributed by atoms with E-state index in [1.54, 1.807) is 34.2 Å². The molecule has 0 aliphatic rings. The first-order valence-corrected chi connectivity index (χ1v) is 8.94. The second-order valence-electron chi connectivity index (χ2n) is 6.42. The van der Waals surface area contributed by atoms with Gasteiger partial charge < -0.3 is 9.67 Å². The number of hydrogen-bond acceptors (Lipinski definition) is 5. The van der Waals surface area contributed by atoms with Crippen molar-refractivity contribution in [2.24, 2.45) is 0 Å². The number of hydrogen-bond donors (Lipinski definition) is 1. The quantitative estimate of drug-likeness (QED) is 0.530. The van der Waals surface area contributed by atoms with Crippen molar-refractivity contribution < 1.29 is 9.50 Å². The molecule has 1 aromatic carbocycles. The van der Waals surface area contributed by atoms with Crippen LogP contribution in [0, 0.1) is 12.7 Å². The zero-order valence-electron chi connectivity index (χ0n) is 15.4. The summed E-state index contributed by atoms with van der Waals surface area (Å²) in [5.41, 5.74) is 4.23. The zero-order chi connectivity index (χ0) is 19.5. The molecule has 0 atom stereocenters. The van der Waals surface area contributed by atoms with Crippen molar-refractivity contribution in [3.63, 3.8) is 0 Å². The van der Waals surface area contributed by atoms with Gasteiger partial charge in [0.1, 0.15) is 18.5 Å². The smallest absolute Gasteiger partial charge is 0.137 e. The summed E-state index contributed by atoms with van der Waals surface area (Å²) in [4.78, 5) is 8.57. The van der Waals surface area contributed by atoms with E-state index in [0.29, 0.717) is 19.6 Å². The van der Waals surface area contributed by atoms with E-state index < -0.39 is 0 Å². The maximum atomic E-state index is 13.4. The molecule has 0 spiro atoms. The van der Waals surface area contributed by atoms with Crippen LogP contribution in [0.1, 0.15) is 5.69 Å². The minimum Gasteiger partial charge on any atom is -0.394 e. The molecule has 8 nitrogen and oxygen atoms in total. The van der Waals surface area contributed by atoms with Crippen LogP contribution < -0.4 is 0 Å². The lowest BCUT2D eigenvalue weighted by atomic mass is 10.1. The summed E-state index contributed by atoms with van der Waals surface area (Å²) in [6.45, 7) is 3.62. The minimum absolute atomic E-state index is 0.0109. The molecule has 0 unspecified atom stereocenters. The fraction of sp³-hybridized carbons (Fsp3) is 0.263. The Balaban J connectivity index is 1.77. The Morgan fingerprint density at radius 3 is 2.57 bits per heavy atom. The van der Waals surface area contributed by atoms with Crippen LogP contribution in [0.3, 0.4) is 0 Å². The van der Waals surface area contributed by atoms with Crippen LogP contribution in [0.2, 0.25) is 0 Å². The van der Waals surface area contributed by atoms with Crippen molar-refractivity contribution >= 4 is 0 Å². The van der Waals surface area contributed by atoms with Crippen molar-refractivity contribution in [3.8, 4) is 22.5 Å². The number of nitrogens with zero attached hydrogens (tertiary/aromatic N) is 7. The average molecular weight is 381 g/mol. The van der Waals surface area contributed by atoms with Gasteiger partial charge in [-0.15, -0.1) is 0 Å². The van der Waals surface area contributed by atoms with Gasteiger partial charge in [0, 0.05) is 23.9 Å². The Morgan fingerprint density at radius 2 is 1.86 bits per heavy atom. The van der Waals surface area contributed by atoms with Crippen LogP contribution in [-0.4, -0.2) is 45.8 Å². The first-order valence-electron chi connectivity index (χ1n) is 8.94. The summed E-state index contributed by atoms with van der Waals surface area (Å²) in [7, 11) is 0. The van der Waals surface area contributed by atoms with Gasteiger partial charge in [-0.3, -0.25) is 9.36 Å². The lowest BCUT2D eigenvalue weighted by Crippen LogP contribution is -2.08. The van der Waals surface area contributed by atoms with Crippen molar-refractivity contribution in [3.05, 3.63) is 61.0 Å². The first kappa shape index (κ1) is 18.1. The van der Waals surface area contributed by atoms with Crippen LogP contribution >= 0.6 is 0 Å².